The summed E-state index contributed by atoms with van der Waals surface area (Å²) in [6.45, 7) is 1.57. The summed E-state index contributed by atoms with van der Waals surface area (Å²) in [5.74, 6) is -0.367. The predicted molar refractivity (Wildman–Crippen MR) is 76.1 cm³/mol. The fourth-order valence-corrected chi connectivity index (χ4v) is 2.43. The maximum absolute atomic E-state index is 12.3. The number of aliphatic hydroxyl groups excluding tert-OH is 2. The van der Waals surface area contributed by atoms with Gasteiger partial charge in [0.25, 0.3) is 0 Å². The quantitative estimate of drug-likeness (QED) is 0.774. The number of carbonyl (C=O) groups is 2. The third kappa shape index (κ3) is 3.59. The van der Waals surface area contributed by atoms with Crippen molar-refractivity contribution < 1.29 is 19.8 Å². The molecule has 2 atom stereocenters. The van der Waals surface area contributed by atoms with E-state index in [1.165, 1.54) is 9.80 Å². The molecule has 1 aliphatic rings. The van der Waals surface area contributed by atoms with Crippen LogP contribution in [0.15, 0.2) is 30.3 Å². The van der Waals surface area contributed by atoms with Crippen LogP contribution in [0.3, 0.4) is 0 Å². The van der Waals surface area contributed by atoms with Crippen molar-refractivity contribution in [3.63, 3.8) is 0 Å². The average Bonchev–Trinajstić information content (AvgIpc) is 2.49. The first-order valence-electron chi connectivity index (χ1n) is 6.94. The lowest BCUT2D eigenvalue weighted by Crippen LogP contribution is -2.60. The Kier molecular flexibility index (Phi) is 4.93. The molecule has 1 heterocycles. The zero-order valence-electron chi connectivity index (χ0n) is 12.0. The van der Waals surface area contributed by atoms with E-state index in [1.54, 1.807) is 6.92 Å². The van der Waals surface area contributed by atoms with E-state index in [0.29, 0.717) is 6.54 Å². The second-order valence-electron chi connectivity index (χ2n) is 5.24. The molecule has 0 radical (unpaired) electrons. The molecule has 6 heteroatoms. The van der Waals surface area contributed by atoms with Crippen molar-refractivity contribution in [2.75, 3.05) is 19.7 Å². The van der Waals surface area contributed by atoms with E-state index in [1.807, 2.05) is 30.3 Å². The molecule has 2 rings (SSSR count). The SMILES string of the molecule is C[C@@H]1C(=O)N(Cc2ccccc2)CC(=O)N1C[C@H](O)CO. The van der Waals surface area contributed by atoms with Crippen molar-refractivity contribution in [3.8, 4) is 0 Å². The van der Waals surface area contributed by atoms with Gasteiger partial charge in [0, 0.05) is 13.1 Å². The largest absolute Gasteiger partial charge is 0.394 e. The van der Waals surface area contributed by atoms with E-state index < -0.39 is 18.8 Å². The maximum Gasteiger partial charge on any atom is 0.245 e. The lowest BCUT2D eigenvalue weighted by molar-refractivity contribution is -0.157. The van der Waals surface area contributed by atoms with Crippen LogP contribution in [0.4, 0.5) is 0 Å². The van der Waals surface area contributed by atoms with E-state index >= 15 is 0 Å². The molecule has 0 bridgehead atoms. The van der Waals surface area contributed by atoms with Crippen molar-refractivity contribution in [1.82, 2.24) is 9.80 Å². The minimum Gasteiger partial charge on any atom is -0.394 e. The van der Waals surface area contributed by atoms with Crippen LogP contribution >= 0.6 is 0 Å². The molecule has 1 fully saturated rings. The highest BCUT2D eigenvalue weighted by atomic mass is 16.3. The van der Waals surface area contributed by atoms with Crippen LogP contribution in [0.2, 0.25) is 0 Å². The van der Waals surface area contributed by atoms with Crippen molar-refractivity contribution >= 4 is 11.8 Å². The Balaban J connectivity index is 2.06. The van der Waals surface area contributed by atoms with Gasteiger partial charge < -0.3 is 20.0 Å². The van der Waals surface area contributed by atoms with Gasteiger partial charge in [0.1, 0.15) is 12.6 Å². The number of hydrogen-bond donors (Lipinski definition) is 2. The third-order valence-corrected chi connectivity index (χ3v) is 3.62. The molecular formula is C15H20N2O4. The Morgan fingerprint density at radius 2 is 1.95 bits per heavy atom. The molecule has 0 unspecified atom stereocenters. The Bertz CT molecular complexity index is 506. The van der Waals surface area contributed by atoms with Crippen LogP contribution in [0.5, 0.6) is 0 Å². The Labute approximate surface area is 123 Å². The first-order valence-corrected chi connectivity index (χ1v) is 6.94. The smallest absolute Gasteiger partial charge is 0.245 e. The standard InChI is InChI=1S/C15H20N2O4/c1-11-15(21)16(7-12-5-3-2-4-6-12)9-14(20)17(11)8-13(19)10-18/h2-6,11,13,18-19H,7-10H2,1H3/t11-,13+/m1/s1. The van der Waals surface area contributed by atoms with E-state index in [0.717, 1.165) is 5.56 Å². The summed E-state index contributed by atoms with van der Waals surface area (Å²) >= 11 is 0. The lowest BCUT2D eigenvalue weighted by Gasteiger charge is -2.39. The number of piperazine rings is 1. The zero-order chi connectivity index (χ0) is 15.4. The van der Waals surface area contributed by atoms with E-state index in [-0.39, 0.29) is 24.9 Å². The number of hydrogen-bond acceptors (Lipinski definition) is 4. The minimum atomic E-state index is -1.02. The predicted octanol–water partition coefficient (Wildman–Crippen LogP) is -0.401. The molecule has 1 aromatic carbocycles. The zero-order valence-corrected chi connectivity index (χ0v) is 12.0. The van der Waals surface area contributed by atoms with Crippen molar-refractivity contribution in [3.05, 3.63) is 35.9 Å². The van der Waals surface area contributed by atoms with Gasteiger partial charge in [-0.3, -0.25) is 9.59 Å². The number of nitrogens with zero attached hydrogens (tertiary/aromatic N) is 2. The first kappa shape index (κ1) is 15.5. The van der Waals surface area contributed by atoms with Gasteiger partial charge in [0.15, 0.2) is 0 Å². The van der Waals surface area contributed by atoms with Gasteiger partial charge in [-0.25, -0.2) is 0 Å². The van der Waals surface area contributed by atoms with Crippen LogP contribution in [0.1, 0.15) is 12.5 Å². The van der Waals surface area contributed by atoms with Gasteiger partial charge in [0.2, 0.25) is 11.8 Å². The molecule has 1 aromatic rings. The molecule has 1 aliphatic heterocycles. The van der Waals surface area contributed by atoms with Gasteiger partial charge in [-0.1, -0.05) is 30.3 Å². The van der Waals surface area contributed by atoms with Crippen LogP contribution in [0.25, 0.3) is 0 Å². The topological polar surface area (TPSA) is 81.1 Å². The molecule has 2 N–H and O–H groups in total. The highest BCUT2D eigenvalue weighted by molar-refractivity contribution is 5.94. The number of carbonyl (C=O) groups excluding carboxylic acids is 2. The summed E-state index contributed by atoms with van der Waals surface area (Å²) < 4.78 is 0. The fraction of sp³-hybridized carbons (Fsp3) is 0.467. The second-order valence-corrected chi connectivity index (χ2v) is 5.24. The Hall–Kier alpha value is -1.92. The molecular weight excluding hydrogens is 272 g/mol. The summed E-state index contributed by atoms with van der Waals surface area (Å²) in [4.78, 5) is 27.3. The number of amides is 2. The lowest BCUT2D eigenvalue weighted by atomic mass is 10.1. The highest BCUT2D eigenvalue weighted by Gasteiger charge is 2.36. The number of aliphatic hydroxyl groups is 2. The third-order valence-electron chi connectivity index (χ3n) is 3.62. The summed E-state index contributed by atoms with van der Waals surface area (Å²) in [5.41, 5.74) is 0.967. The van der Waals surface area contributed by atoms with E-state index in [2.05, 4.69) is 0 Å². The molecule has 0 saturated carbocycles. The average molecular weight is 292 g/mol. The van der Waals surface area contributed by atoms with Crippen molar-refractivity contribution in [2.24, 2.45) is 0 Å². The molecule has 2 amide bonds. The molecule has 6 nitrogen and oxygen atoms in total. The number of β-amino-alcohol motifs (C(OH)–C–C–N with tert-alkyl or cyclic N) is 1. The fourth-order valence-electron chi connectivity index (χ4n) is 2.43. The molecule has 21 heavy (non-hydrogen) atoms. The monoisotopic (exact) mass is 292 g/mol. The van der Waals surface area contributed by atoms with E-state index in [4.69, 9.17) is 5.11 Å². The molecule has 0 aromatic heterocycles. The van der Waals surface area contributed by atoms with Gasteiger partial charge in [-0.2, -0.15) is 0 Å². The Morgan fingerprint density at radius 1 is 1.29 bits per heavy atom. The maximum atomic E-state index is 12.3. The number of benzene rings is 1. The molecule has 0 spiro atoms. The van der Waals surface area contributed by atoms with Crippen LogP contribution in [0, 0.1) is 0 Å². The van der Waals surface area contributed by atoms with E-state index in [9.17, 15) is 14.7 Å². The Morgan fingerprint density at radius 3 is 2.57 bits per heavy atom. The van der Waals surface area contributed by atoms with Crippen LogP contribution in [-0.4, -0.2) is 63.7 Å². The summed E-state index contributed by atoms with van der Waals surface area (Å²) in [7, 11) is 0. The molecule has 114 valence electrons. The van der Waals surface area contributed by atoms with Crippen LogP contribution in [-0.2, 0) is 16.1 Å². The van der Waals surface area contributed by atoms with Crippen LogP contribution < -0.4 is 0 Å². The van der Waals surface area contributed by atoms with Crippen molar-refractivity contribution in [2.45, 2.75) is 25.6 Å². The minimum absolute atomic E-state index is 0.00375. The van der Waals surface area contributed by atoms with Crippen molar-refractivity contribution in [1.29, 1.82) is 0 Å². The van der Waals surface area contributed by atoms with Gasteiger partial charge in [-0.05, 0) is 12.5 Å². The van der Waals surface area contributed by atoms with Gasteiger partial charge in [-0.15, -0.1) is 0 Å². The van der Waals surface area contributed by atoms with Gasteiger partial charge >= 0.3 is 0 Å². The summed E-state index contributed by atoms with van der Waals surface area (Å²) in [5, 5.41) is 18.3. The second kappa shape index (κ2) is 6.69. The van der Waals surface area contributed by atoms with Gasteiger partial charge in [0.05, 0.1) is 12.7 Å². The summed E-state index contributed by atoms with van der Waals surface area (Å²) in [6.07, 6.45) is -1.02. The molecule has 0 aliphatic carbocycles. The normalized spacial score (nSPS) is 20.8. The highest BCUT2D eigenvalue weighted by Crippen LogP contribution is 2.16. The first-order chi connectivity index (χ1) is 10.0. The molecule has 1 saturated heterocycles. The number of rotatable bonds is 5. The summed E-state index contributed by atoms with van der Waals surface area (Å²) in [6, 6.07) is 8.86.